The highest BCUT2D eigenvalue weighted by molar-refractivity contribution is 5.79. The lowest BCUT2D eigenvalue weighted by molar-refractivity contribution is 0.223. The number of aliphatic imine (C=N–C) groups is 1. The van der Waals surface area contributed by atoms with E-state index in [0.29, 0.717) is 13.1 Å². The molecule has 0 amide bonds. The summed E-state index contributed by atoms with van der Waals surface area (Å²) in [6, 6.07) is 11.7. The van der Waals surface area contributed by atoms with Crippen molar-refractivity contribution in [1.82, 2.24) is 15.6 Å². The normalized spacial score (nSPS) is 12.2. The molecule has 1 atom stereocenters. The molecule has 0 bridgehead atoms. The molecule has 0 spiro atoms. The van der Waals surface area contributed by atoms with Crippen molar-refractivity contribution in [3.05, 3.63) is 48.2 Å². The Balaban J connectivity index is 1.80. The van der Waals surface area contributed by atoms with Gasteiger partial charge in [0.2, 0.25) is 0 Å². The summed E-state index contributed by atoms with van der Waals surface area (Å²) < 4.78 is 11.2. The SMILES string of the molecule is CCN(CC)c1ccc(CNC(=NC)NCC(C)Oc2cccc(OC)c2)cn1. The van der Waals surface area contributed by atoms with Crippen molar-refractivity contribution in [2.24, 2.45) is 4.99 Å². The van der Waals surface area contributed by atoms with Crippen LogP contribution in [-0.4, -0.2) is 50.8 Å². The molecule has 158 valence electrons. The Hall–Kier alpha value is -2.96. The number of anilines is 1. The highest BCUT2D eigenvalue weighted by Crippen LogP contribution is 2.19. The second kappa shape index (κ2) is 11.8. The number of rotatable bonds is 10. The van der Waals surface area contributed by atoms with Gasteiger partial charge in [-0.2, -0.15) is 0 Å². The third-order valence-electron chi connectivity index (χ3n) is 4.52. The van der Waals surface area contributed by atoms with Gasteiger partial charge in [0.1, 0.15) is 23.4 Å². The zero-order valence-corrected chi connectivity index (χ0v) is 18.1. The van der Waals surface area contributed by atoms with E-state index >= 15 is 0 Å². The van der Waals surface area contributed by atoms with Gasteiger partial charge < -0.3 is 25.0 Å². The molecule has 0 saturated carbocycles. The maximum absolute atomic E-state index is 5.93. The van der Waals surface area contributed by atoms with Gasteiger partial charge in [-0.1, -0.05) is 12.1 Å². The number of benzene rings is 1. The Kier molecular flexibility index (Phi) is 9.08. The number of nitrogens with zero attached hydrogens (tertiary/aromatic N) is 3. The number of guanidine groups is 1. The molecular formula is C22H33N5O2. The van der Waals surface area contributed by atoms with E-state index in [1.165, 1.54) is 0 Å². The molecule has 1 unspecified atom stereocenters. The number of aromatic nitrogens is 1. The molecule has 0 saturated heterocycles. The fraction of sp³-hybridized carbons (Fsp3) is 0.455. The summed E-state index contributed by atoms with van der Waals surface area (Å²) in [5.74, 6) is 3.28. The number of pyridine rings is 1. The van der Waals surface area contributed by atoms with Gasteiger partial charge >= 0.3 is 0 Å². The first-order valence-electron chi connectivity index (χ1n) is 10.0. The predicted molar refractivity (Wildman–Crippen MR) is 119 cm³/mol. The van der Waals surface area contributed by atoms with E-state index < -0.39 is 0 Å². The highest BCUT2D eigenvalue weighted by atomic mass is 16.5. The fourth-order valence-electron chi connectivity index (χ4n) is 2.85. The zero-order valence-electron chi connectivity index (χ0n) is 18.1. The van der Waals surface area contributed by atoms with E-state index in [4.69, 9.17) is 9.47 Å². The molecule has 0 aliphatic heterocycles. The van der Waals surface area contributed by atoms with Gasteiger partial charge in [0.25, 0.3) is 0 Å². The van der Waals surface area contributed by atoms with Gasteiger partial charge in [-0.05, 0) is 44.5 Å². The maximum Gasteiger partial charge on any atom is 0.191 e. The second-order valence-corrected chi connectivity index (χ2v) is 6.61. The highest BCUT2D eigenvalue weighted by Gasteiger charge is 2.07. The van der Waals surface area contributed by atoms with Gasteiger partial charge in [0.15, 0.2) is 5.96 Å². The minimum atomic E-state index is -0.0318. The molecule has 1 heterocycles. The summed E-state index contributed by atoms with van der Waals surface area (Å²) in [7, 11) is 3.40. The van der Waals surface area contributed by atoms with Crippen LogP contribution >= 0.6 is 0 Å². The number of ether oxygens (including phenoxy) is 2. The largest absolute Gasteiger partial charge is 0.497 e. The summed E-state index contributed by atoms with van der Waals surface area (Å²) >= 11 is 0. The van der Waals surface area contributed by atoms with Crippen molar-refractivity contribution < 1.29 is 9.47 Å². The standard InChI is InChI=1S/C22H33N5O2/c1-6-27(7-2)21-12-11-18(15-24-21)16-26-22(23-4)25-14-17(3)29-20-10-8-9-19(13-20)28-5/h8-13,15,17H,6-7,14,16H2,1-5H3,(H2,23,25,26). The molecule has 2 aromatic rings. The first-order chi connectivity index (χ1) is 14.1. The summed E-state index contributed by atoms with van der Waals surface area (Å²) in [5.41, 5.74) is 1.10. The Labute approximate surface area is 174 Å². The fourth-order valence-corrected chi connectivity index (χ4v) is 2.85. The van der Waals surface area contributed by atoms with Crippen molar-refractivity contribution >= 4 is 11.8 Å². The third-order valence-corrected chi connectivity index (χ3v) is 4.52. The molecule has 0 radical (unpaired) electrons. The monoisotopic (exact) mass is 399 g/mol. The van der Waals surface area contributed by atoms with Crippen molar-refractivity contribution in [3.8, 4) is 11.5 Å². The molecule has 2 rings (SSSR count). The van der Waals surface area contributed by atoms with E-state index in [1.807, 2.05) is 37.4 Å². The van der Waals surface area contributed by atoms with Crippen molar-refractivity contribution in [1.29, 1.82) is 0 Å². The van der Waals surface area contributed by atoms with Crippen LogP contribution in [0.3, 0.4) is 0 Å². The van der Waals surface area contributed by atoms with Crippen LogP contribution in [0, 0.1) is 0 Å². The van der Waals surface area contributed by atoms with Crippen LogP contribution in [-0.2, 0) is 6.54 Å². The van der Waals surface area contributed by atoms with Gasteiger partial charge in [-0.25, -0.2) is 4.98 Å². The Morgan fingerprint density at radius 2 is 1.90 bits per heavy atom. The lowest BCUT2D eigenvalue weighted by atomic mass is 10.2. The zero-order chi connectivity index (χ0) is 21.1. The van der Waals surface area contributed by atoms with Gasteiger partial charge in [0.05, 0.1) is 13.7 Å². The first kappa shape index (κ1) is 22.3. The minimum absolute atomic E-state index is 0.0318. The molecular weight excluding hydrogens is 366 g/mol. The van der Waals surface area contributed by atoms with Crippen molar-refractivity contribution in [2.45, 2.75) is 33.4 Å². The predicted octanol–water partition coefficient (Wildman–Crippen LogP) is 3.07. The van der Waals surface area contributed by atoms with Crippen LogP contribution < -0.4 is 25.0 Å². The molecule has 0 fully saturated rings. The van der Waals surface area contributed by atoms with Crippen LogP contribution in [0.5, 0.6) is 11.5 Å². The van der Waals surface area contributed by atoms with Crippen LogP contribution in [0.15, 0.2) is 47.6 Å². The van der Waals surface area contributed by atoms with E-state index in [1.54, 1.807) is 14.2 Å². The van der Waals surface area contributed by atoms with Gasteiger partial charge in [-0.3, -0.25) is 4.99 Å². The molecule has 1 aromatic carbocycles. The summed E-state index contributed by atoms with van der Waals surface area (Å²) in [6.07, 6.45) is 1.87. The summed E-state index contributed by atoms with van der Waals surface area (Å²) in [5, 5.41) is 6.60. The van der Waals surface area contributed by atoms with Crippen LogP contribution in [0.4, 0.5) is 5.82 Å². The third kappa shape index (κ3) is 7.18. The number of hydrogen-bond donors (Lipinski definition) is 2. The lowest BCUT2D eigenvalue weighted by Gasteiger charge is -2.20. The smallest absolute Gasteiger partial charge is 0.191 e. The van der Waals surface area contributed by atoms with Gasteiger partial charge in [0, 0.05) is 38.9 Å². The van der Waals surface area contributed by atoms with Gasteiger partial charge in [-0.15, -0.1) is 0 Å². The van der Waals surface area contributed by atoms with E-state index in [0.717, 1.165) is 41.9 Å². The summed E-state index contributed by atoms with van der Waals surface area (Å²) in [4.78, 5) is 11.1. The molecule has 1 aromatic heterocycles. The topological polar surface area (TPSA) is 71.0 Å². The van der Waals surface area contributed by atoms with E-state index in [2.05, 4.69) is 51.5 Å². The van der Waals surface area contributed by atoms with Crippen LogP contribution in [0.1, 0.15) is 26.3 Å². The Morgan fingerprint density at radius 3 is 2.52 bits per heavy atom. The minimum Gasteiger partial charge on any atom is -0.497 e. The Morgan fingerprint density at radius 1 is 1.14 bits per heavy atom. The number of hydrogen-bond acceptors (Lipinski definition) is 5. The van der Waals surface area contributed by atoms with Crippen LogP contribution in [0.2, 0.25) is 0 Å². The lowest BCUT2D eigenvalue weighted by Crippen LogP contribution is -2.41. The summed E-state index contributed by atoms with van der Waals surface area (Å²) in [6.45, 7) is 9.45. The van der Waals surface area contributed by atoms with Crippen molar-refractivity contribution in [3.63, 3.8) is 0 Å². The average molecular weight is 400 g/mol. The molecule has 0 aliphatic carbocycles. The molecule has 7 heteroatoms. The number of methoxy groups -OCH3 is 1. The molecule has 0 aliphatic rings. The molecule has 7 nitrogen and oxygen atoms in total. The quantitative estimate of drug-likeness (QED) is 0.473. The van der Waals surface area contributed by atoms with Crippen molar-refractivity contribution in [2.75, 3.05) is 38.7 Å². The average Bonchev–Trinajstić information content (AvgIpc) is 2.75. The number of nitrogens with one attached hydrogen (secondary N) is 2. The maximum atomic E-state index is 5.93. The molecule has 29 heavy (non-hydrogen) atoms. The first-order valence-corrected chi connectivity index (χ1v) is 10.0. The van der Waals surface area contributed by atoms with E-state index in [-0.39, 0.29) is 6.10 Å². The van der Waals surface area contributed by atoms with Crippen LogP contribution in [0.25, 0.3) is 0 Å². The Bertz CT molecular complexity index is 760. The molecule has 2 N–H and O–H groups in total. The second-order valence-electron chi connectivity index (χ2n) is 6.61. The van der Waals surface area contributed by atoms with E-state index in [9.17, 15) is 0 Å².